The maximum atomic E-state index is 10.8. The van der Waals surface area contributed by atoms with Gasteiger partial charge in [-0.1, -0.05) is 18.7 Å². The third kappa shape index (κ3) is 1.93. The molecule has 1 amide bonds. The van der Waals surface area contributed by atoms with E-state index in [9.17, 15) is 4.79 Å². The molecule has 0 bridgehead atoms. The van der Waals surface area contributed by atoms with Crippen LogP contribution in [0, 0.1) is 0 Å². The number of amides is 1. The predicted octanol–water partition coefficient (Wildman–Crippen LogP) is 2.19. The molecule has 0 aliphatic heterocycles. The molecule has 0 saturated carbocycles. The fourth-order valence-corrected chi connectivity index (χ4v) is 1.18. The zero-order chi connectivity index (χ0) is 10.6. The Morgan fingerprint density at radius 1 is 1.50 bits per heavy atom. The summed E-state index contributed by atoms with van der Waals surface area (Å²) in [6.45, 7) is 5.48. The van der Waals surface area contributed by atoms with Crippen LogP contribution in [0.15, 0.2) is 36.5 Å². The molecule has 14 heavy (non-hydrogen) atoms. The van der Waals surface area contributed by atoms with Gasteiger partial charge in [0, 0.05) is 5.70 Å². The number of methoxy groups -OCH3 is 1. The number of nitrogens with zero attached hydrogens (tertiary/aromatic N) is 1. The first-order chi connectivity index (χ1) is 6.70. The summed E-state index contributed by atoms with van der Waals surface area (Å²) >= 11 is 0. The van der Waals surface area contributed by atoms with E-state index in [1.165, 1.54) is 4.90 Å². The summed E-state index contributed by atoms with van der Waals surface area (Å²) in [6, 6.07) is 7.30. The molecule has 74 valence electrons. The molecular formula is C11H13NO2. The van der Waals surface area contributed by atoms with Crippen LogP contribution >= 0.6 is 0 Å². The van der Waals surface area contributed by atoms with Crippen LogP contribution < -0.4 is 9.64 Å². The molecule has 1 rings (SSSR count). The standard InChI is InChI=1S/C11H13NO2/c1-9(2)12(8-13)10-6-4-5-7-11(10)14-3/h4-8H,1H2,2-3H3. The Morgan fingerprint density at radius 3 is 2.64 bits per heavy atom. The van der Waals surface area contributed by atoms with Gasteiger partial charge >= 0.3 is 0 Å². The molecule has 1 aromatic rings. The van der Waals surface area contributed by atoms with Gasteiger partial charge in [-0.15, -0.1) is 0 Å². The van der Waals surface area contributed by atoms with E-state index in [4.69, 9.17) is 4.74 Å². The molecule has 3 heteroatoms. The monoisotopic (exact) mass is 191 g/mol. The fraction of sp³-hybridized carbons (Fsp3) is 0.182. The Morgan fingerprint density at radius 2 is 2.14 bits per heavy atom. The summed E-state index contributed by atoms with van der Waals surface area (Å²) in [7, 11) is 1.57. The van der Waals surface area contributed by atoms with Gasteiger partial charge in [-0.3, -0.25) is 9.69 Å². The number of anilines is 1. The van der Waals surface area contributed by atoms with Gasteiger partial charge in [0.25, 0.3) is 0 Å². The quantitative estimate of drug-likeness (QED) is 0.683. The van der Waals surface area contributed by atoms with Crippen LogP contribution in [0.4, 0.5) is 5.69 Å². The highest BCUT2D eigenvalue weighted by atomic mass is 16.5. The lowest BCUT2D eigenvalue weighted by atomic mass is 10.2. The number of hydrogen-bond acceptors (Lipinski definition) is 2. The van der Waals surface area contributed by atoms with Crippen LogP contribution in [0.25, 0.3) is 0 Å². The third-order valence-corrected chi connectivity index (χ3v) is 1.86. The molecule has 0 N–H and O–H groups in total. The largest absolute Gasteiger partial charge is 0.495 e. The first-order valence-electron chi connectivity index (χ1n) is 4.23. The van der Waals surface area contributed by atoms with E-state index in [1.54, 1.807) is 20.1 Å². The second-order valence-electron chi connectivity index (χ2n) is 2.88. The number of ether oxygens (including phenoxy) is 1. The van der Waals surface area contributed by atoms with Crippen molar-refractivity contribution in [1.29, 1.82) is 0 Å². The Balaban J connectivity index is 3.15. The number of hydrogen-bond donors (Lipinski definition) is 0. The lowest BCUT2D eigenvalue weighted by molar-refractivity contribution is -0.107. The van der Waals surface area contributed by atoms with Crippen molar-refractivity contribution in [2.75, 3.05) is 12.0 Å². The lowest BCUT2D eigenvalue weighted by Gasteiger charge is -2.19. The Kier molecular flexibility index (Phi) is 3.29. The van der Waals surface area contributed by atoms with Crippen molar-refractivity contribution >= 4 is 12.1 Å². The molecule has 0 spiro atoms. The summed E-state index contributed by atoms with van der Waals surface area (Å²) in [6.07, 6.45) is 0.722. The molecule has 0 heterocycles. The average molecular weight is 191 g/mol. The van der Waals surface area contributed by atoms with E-state index in [0.717, 1.165) is 6.41 Å². The van der Waals surface area contributed by atoms with Gasteiger partial charge in [-0.25, -0.2) is 0 Å². The van der Waals surface area contributed by atoms with E-state index in [2.05, 4.69) is 6.58 Å². The van der Waals surface area contributed by atoms with E-state index in [1.807, 2.05) is 18.2 Å². The van der Waals surface area contributed by atoms with Crippen LogP contribution in [0.5, 0.6) is 5.75 Å². The van der Waals surface area contributed by atoms with Gasteiger partial charge in [-0.05, 0) is 19.1 Å². The summed E-state index contributed by atoms with van der Waals surface area (Å²) in [5, 5.41) is 0. The van der Waals surface area contributed by atoms with E-state index >= 15 is 0 Å². The Bertz CT molecular complexity index is 347. The Labute approximate surface area is 83.6 Å². The topological polar surface area (TPSA) is 29.5 Å². The lowest BCUT2D eigenvalue weighted by Crippen LogP contribution is -2.18. The van der Waals surface area contributed by atoms with E-state index in [-0.39, 0.29) is 0 Å². The molecule has 0 unspecified atom stereocenters. The zero-order valence-corrected chi connectivity index (χ0v) is 8.36. The summed E-state index contributed by atoms with van der Waals surface area (Å²) in [5.41, 5.74) is 1.36. The number of para-hydroxylation sites is 2. The molecule has 0 atom stereocenters. The second-order valence-corrected chi connectivity index (χ2v) is 2.88. The van der Waals surface area contributed by atoms with Crippen LogP contribution in [0.1, 0.15) is 6.92 Å². The van der Waals surface area contributed by atoms with Crippen molar-refractivity contribution in [3.63, 3.8) is 0 Å². The van der Waals surface area contributed by atoms with Crippen LogP contribution in [0.3, 0.4) is 0 Å². The van der Waals surface area contributed by atoms with E-state index < -0.39 is 0 Å². The maximum absolute atomic E-state index is 10.8. The van der Waals surface area contributed by atoms with Crippen molar-refractivity contribution in [2.24, 2.45) is 0 Å². The van der Waals surface area contributed by atoms with Crippen molar-refractivity contribution in [2.45, 2.75) is 6.92 Å². The van der Waals surface area contributed by atoms with Gasteiger partial charge in [0.1, 0.15) is 5.75 Å². The predicted molar refractivity (Wildman–Crippen MR) is 56.4 cm³/mol. The van der Waals surface area contributed by atoms with Gasteiger partial charge in [0.2, 0.25) is 6.41 Å². The zero-order valence-electron chi connectivity index (χ0n) is 8.36. The summed E-state index contributed by atoms with van der Waals surface area (Å²) in [5.74, 6) is 0.655. The van der Waals surface area contributed by atoms with Crippen LogP contribution in [-0.2, 0) is 4.79 Å². The van der Waals surface area contributed by atoms with Crippen LogP contribution in [-0.4, -0.2) is 13.5 Å². The molecule has 1 aromatic carbocycles. The van der Waals surface area contributed by atoms with Crippen molar-refractivity contribution in [3.05, 3.63) is 36.5 Å². The highest BCUT2D eigenvalue weighted by Gasteiger charge is 2.10. The SMILES string of the molecule is C=C(C)N(C=O)c1ccccc1OC. The smallest absolute Gasteiger partial charge is 0.218 e. The molecule has 0 saturated heterocycles. The van der Waals surface area contributed by atoms with Gasteiger partial charge in [0.15, 0.2) is 0 Å². The van der Waals surface area contributed by atoms with Crippen molar-refractivity contribution in [3.8, 4) is 5.75 Å². The molecule has 3 nitrogen and oxygen atoms in total. The minimum atomic E-state index is 0.655. The minimum absolute atomic E-state index is 0.655. The number of carbonyl (C=O) groups excluding carboxylic acids is 1. The summed E-state index contributed by atoms with van der Waals surface area (Å²) in [4.78, 5) is 12.3. The van der Waals surface area contributed by atoms with Crippen LogP contribution in [0.2, 0.25) is 0 Å². The molecular weight excluding hydrogens is 178 g/mol. The third-order valence-electron chi connectivity index (χ3n) is 1.86. The van der Waals surface area contributed by atoms with Crippen molar-refractivity contribution < 1.29 is 9.53 Å². The molecule has 0 radical (unpaired) electrons. The molecule has 0 aromatic heterocycles. The number of benzene rings is 1. The number of allylic oxidation sites excluding steroid dienone is 1. The van der Waals surface area contributed by atoms with E-state index in [0.29, 0.717) is 17.1 Å². The normalized spacial score (nSPS) is 9.29. The van der Waals surface area contributed by atoms with Gasteiger partial charge in [-0.2, -0.15) is 0 Å². The van der Waals surface area contributed by atoms with Gasteiger partial charge in [0.05, 0.1) is 12.8 Å². The molecule has 0 aliphatic rings. The molecule has 0 fully saturated rings. The second kappa shape index (κ2) is 4.46. The first kappa shape index (κ1) is 10.3. The molecule has 0 aliphatic carbocycles. The number of rotatable bonds is 4. The average Bonchev–Trinajstić information content (AvgIpc) is 2.19. The number of carbonyl (C=O) groups is 1. The van der Waals surface area contributed by atoms with Gasteiger partial charge < -0.3 is 4.74 Å². The fourth-order valence-electron chi connectivity index (χ4n) is 1.18. The maximum Gasteiger partial charge on any atom is 0.218 e. The van der Waals surface area contributed by atoms with Crippen molar-refractivity contribution in [1.82, 2.24) is 0 Å². The first-order valence-corrected chi connectivity index (χ1v) is 4.23. The Hall–Kier alpha value is -1.77. The highest BCUT2D eigenvalue weighted by Crippen LogP contribution is 2.28. The highest BCUT2D eigenvalue weighted by molar-refractivity contribution is 5.82. The minimum Gasteiger partial charge on any atom is -0.495 e. The summed E-state index contributed by atoms with van der Waals surface area (Å²) < 4.78 is 5.14.